The average molecular weight is 439 g/mol. The van der Waals surface area contributed by atoms with Crippen molar-refractivity contribution in [2.24, 2.45) is 0 Å². The molecule has 31 heavy (non-hydrogen) atoms. The van der Waals surface area contributed by atoms with Crippen molar-refractivity contribution in [3.05, 3.63) is 99.6 Å². The van der Waals surface area contributed by atoms with E-state index in [1.807, 2.05) is 6.92 Å². The minimum atomic E-state index is -3.79. The summed E-state index contributed by atoms with van der Waals surface area (Å²) >= 11 is 0. The summed E-state index contributed by atoms with van der Waals surface area (Å²) < 4.78 is 27.6. The fraction of sp³-hybridized carbons (Fsp3) is 0.136. The van der Waals surface area contributed by atoms with Crippen molar-refractivity contribution in [1.82, 2.24) is 5.32 Å². The summed E-state index contributed by atoms with van der Waals surface area (Å²) in [4.78, 5) is 23.0. The van der Waals surface area contributed by atoms with Gasteiger partial charge in [-0.05, 0) is 55.8 Å². The SMILES string of the molecule is Cc1ccc(NS(=O)(=O)c2ccc(C(=O)NC(C)c3cccc([N+](=O)[O-])c3)cc2)cc1. The van der Waals surface area contributed by atoms with E-state index in [0.717, 1.165) is 5.56 Å². The molecule has 0 aliphatic rings. The molecule has 0 radical (unpaired) electrons. The van der Waals surface area contributed by atoms with Crippen molar-refractivity contribution >= 4 is 27.3 Å². The van der Waals surface area contributed by atoms with Crippen LogP contribution in [0, 0.1) is 17.0 Å². The third kappa shape index (κ3) is 5.46. The minimum Gasteiger partial charge on any atom is -0.346 e. The second kappa shape index (κ2) is 8.97. The molecular formula is C22H21N3O5S. The highest BCUT2D eigenvalue weighted by molar-refractivity contribution is 7.92. The number of hydrogen-bond donors (Lipinski definition) is 2. The van der Waals surface area contributed by atoms with Crippen molar-refractivity contribution in [3.8, 4) is 0 Å². The summed E-state index contributed by atoms with van der Waals surface area (Å²) in [5.41, 5.74) is 2.25. The van der Waals surface area contributed by atoms with Crippen LogP contribution in [0.15, 0.2) is 77.7 Å². The maximum Gasteiger partial charge on any atom is 0.269 e. The molecule has 0 bridgehead atoms. The van der Waals surface area contributed by atoms with Gasteiger partial charge in [-0.2, -0.15) is 0 Å². The van der Waals surface area contributed by atoms with Crippen molar-refractivity contribution in [3.63, 3.8) is 0 Å². The van der Waals surface area contributed by atoms with E-state index in [1.54, 1.807) is 43.3 Å². The predicted molar refractivity (Wildman–Crippen MR) is 117 cm³/mol. The first kappa shape index (κ1) is 22.0. The number of carbonyl (C=O) groups excluding carboxylic acids is 1. The summed E-state index contributed by atoms with van der Waals surface area (Å²) in [5, 5.41) is 13.7. The zero-order valence-corrected chi connectivity index (χ0v) is 17.7. The largest absolute Gasteiger partial charge is 0.346 e. The zero-order valence-electron chi connectivity index (χ0n) is 16.9. The number of rotatable bonds is 7. The van der Waals surface area contributed by atoms with Crippen LogP contribution in [0.1, 0.15) is 34.5 Å². The van der Waals surface area contributed by atoms with Gasteiger partial charge in [0.25, 0.3) is 21.6 Å². The smallest absolute Gasteiger partial charge is 0.269 e. The summed E-state index contributed by atoms with van der Waals surface area (Å²) in [6.07, 6.45) is 0. The van der Waals surface area contributed by atoms with Gasteiger partial charge >= 0.3 is 0 Å². The van der Waals surface area contributed by atoms with Gasteiger partial charge in [-0.3, -0.25) is 19.6 Å². The van der Waals surface area contributed by atoms with Gasteiger partial charge in [-0.1, -0.05) is 29.8 Å². The molecule has 8 nitrogen and oxygen atoms in total. The van der Waals surface area contributed by atoms with Crippen molar-refractivity contribution in [1.29, 1.82) is 0 Å². The van der Waals surface area contributed by atoms with E-state index >= 15 is 0 Å². The van der Waals surface area contributed by atoms with Crippen molar-refractivity contribution in [2.75, 3.05) is 4.72 Å². The van der Waals surface area contributed by atoms with E-state index in [4.69, 9.17) is 0 Å². The Kier molecular flexibility index (Phi) is 6.36. The number of hydrogen-bond acceptors (Lipinski definition) is 5. The Morgan fingerprint density at radius 1 is 1.00 bits per heavy atom. The Balaban J connectivity index is 1.70. The van der Waals surface area contributed by atoms with Gasteiger partial charge in [-0.25, -0.2) is 8.42 Å². The van der Waals surface area contributed by atoms with Crippen LogP contribution in [0.2, 0.25) is 0 Å². The molecule has 1 unspecified atom stereocenters. The number of non-ortho nitro benzene ring substituents is 1. The number of anilines is 1. The van der Waals surface area contributed by atoms with E-state index in [-0.39, 0.29) is 16.1 Å². The Labute approximate surface area is 180 Å². The van der Waals surface area contributed by atoms with Crippen LogP contribution in [0.5, 0.6) is 0 Å². The molecule has 1 atom stereocenters. The Hall–Kier alpha value is -3.72. The Morgan fingerprint density at radius 2 is 1.65 bits per heavy atom. The number of benzene rings is 3. The van der Waals surface area contributed by atoms with Crippen LogP contribution < -0.4 is 10.0 Å². The molecule has 0 aliphatic carbocycles. The molecule has 3 aromatic carbocycles. The predicted octanol–water partition coefficient (Wildman–Crippen LogP) is 4.20. The molecule has 0 aromatic heterocycles. The molecule has 1 amide bonds. The minimum absolute atomic E-state index is 0.0244. The third-order valence-corrected chi connectivity index (χ3v) is 6.06. The van der Waals surface area contributed by atoms with Gasteiger partial charge in [0.2, 0.25) is 0 Å². The van der Waals surface area contributed by atoms with Gasteiger partial charge < -0.3 is 5.32 Å². The second-order valence-corrected chi connectivity index (χ2v) is 8.73. The van der Waals surface area contributed by atoms with E-state index in [1.165, 1.54) is 36.4 Å². The Morgan fingerprint density at radius 3 is 2.26 bits per heavy atom. The van der Waals surface area contributed by atoms with E-state index in [0.29, 0.717) is 11.3 Å². The summed E-state index contributed by atoms with van der Waals surface area (Å²) in [7, 11) is -3.79. The lowest BCUT2D eigenvalue weighted by Crippen LogP contribution is -2.26. The number of sulfonamides is 1. The first-order valence-electron chi connectivity index (χ1n) is 9.40. The number of amides is 1. The van der Waals surface area contributed by atoms with Gasteiger partial charge in [0.1, 0.15) is 0 Å². The molecule has 0 saturated carbocycles. The molecule has 3 rings (SSSR count). The summed E-state index contributed by atoms with van der Waals surface area (Å²) in [6, 6.07) is 18.0. The fourth-order valence-corrected chi connectivity index (χ4v) is 3.95. The highest BCUT2D eigenvalue weighted by Crippen LogP contribution is 2.20. The maximum absolute atomic E-state index is 12.6. The first-order chi connectivity index (χ1) is 14.7. The van der Waals surface area contributed by atoms with Gasteiger partial charge in [0.15, 0.2) is 0 Å². The molecule has 2 N–H and O–H groups in total. The summed E-state index contributed by atoms with van der Waals surface area (Å²) in [5.74, 6) is -0.422. The van der Waals surface area contributed by atoms with E-state index < -0.39 is 26.9 Å². The van der Waals surface area contributed by atoms with Crippen LogP contribution in [0.3, 0.4) is 0 Å². The summed E-state index contributed by atoms with van der Waals surface area (Å²) in [6.45, 7) is 3.61. The first-order valence-corrected chi connectivity index (χ1v) is 10.9. The zero-order chi connectivity index (χ0) is 22.6. The lowest BCUT2D eigenvalue weighted by Gasteiger charge is -2.14. The van der Waals surface area contributed by atoms with Crippen molar-refractivity contribution < 1.29 is 18.1 Å². The average Bonchev–Trinajstić information content (AvgIpc) is 2.75. The number of nitro benzene ring substituents is 1. The van der Waals surface area contributed by atoms with Crippen LogP contribution in [-0.2, 0) is 10.0 Å². The monoisotopic (exact) mass is 439 g/mol. The molecule has 0 spiro atoms. The topological polar surface area (TPSA) is 118 Å². The normalized spacial score (nSPS) is 12.1. The molecular weight excluding hydrogens is 418 g/mol. The van der Waals surface area contributed by atoms with Crippen LogP contribution >= 0.6 is 0 Å². The number of nitrogens with zero attached hydrogens (tertiary/aromatic N) is 1. The quantitative estimate of drug-likeness (QED) is 0.423. The second-order valence-electron chi connectivity index (χ2n) is 7.04. The molecule has 3 aromatic rings. The molecule has 0 saturated heterocycles. The molecule has 0 aliphatic heterocycles. The van der Waals surface area contributed by atoms with Gasteiger partial charge in [0, 0.05) is 23.4 Å². The van der Waals surface area contributed by atoms with E-state index in [9.17, 15) is 23.3 Å². The number of nitrogens with one attached hydrogen (secondary N) is 2. The van der Waals surface area contributed by atoms with E-state index in [2.05, 4.69) is 10.0 Å². The van der Waals surface area contributed by atoms with Crippen LogP contribution in [-0.4, -0.2) is 19.2 Å². The Bertz CT molecular complexity index is 1210. The number of nitro groups is 1. The lowest BCUT2D eigenvalue weighted by atomic mass is 10.1. The molecule has 0 fully saturated rings. The van der Waals surface area contributed by atoms with Crippen LogP contribution in [0.4, 0.5) is 11.4 Å². The molecule has 0 heterocycles. The molecule has 9 heteroatoms. The van der Waals surface area contributed by atoms with Gasteiger partial charge in [-0.15, -0.1) is 0 Å². The molecule has 160 valence electrons. The highest BCUT2D eigenvalue weighted by atomic mass is 32.2. The van der Waals surface area contributed by atoms with Gasteiger partial charge in [0.05, 0.1) is 15.9 Å². The highest BCUT2D eigenvalue weighted by Gasteiger charge is 2.17. The van der Waals surface area contributed by atoms with Crippen LogP contribution in [0.25, 0.3) is 0 Å². The number of carbonyl (C=O) groups is 1. The standard InChI is InChI=1S/C22H21N3O5S/c1-15-6-10-19(11-7-15)24-31(29,30)21-12-8-17(9-13-21)22(26)23-16(2)18-4-3-5-20(14-18)25(27)28/h3-14,16,24H,1-2H3,(H,23,26). The van der Waals surface area contributed by atoms with Crippen molar-refractivity contribution in [2.45, 2.75) is 24.8 Å². The lowest BCUT2D eigenvalue weighted by molar-refractivity contribution is -0.384. The third-order valence-electron chi connectivity index (χ3n) is 4.66. The maximum atomic E-state index is 12.6. The number of aryl methyl sites for hydroxylation is 1. The fourth-order valence-electron chi connectivity index (χ4n) is 2.89.